The second-order valence-electron chi connectivity index (χ2n) is 8.39. The van der Waals surface area contributed by atoms with Crippen LogP contribution in [0.4, 0.5) is 14.5 Å². The van der Waals surface area contributed by atoms with Crippen molar-refractivity contribution in [2.45, 2.75) is 5.75 Å². The molecule has 1 aliphatic heterocycles. The van der Waals surface area contributed by atoms with Gasteiger partial charge in [0, 0.05) is 37.8 Å². The van der Waals surface area contributed by atoms with Crippen LogP contribution < -0.4 is 10.5 Å². The van der Waals surface area contributed by atoms with E-state index in [1.165, 1.54) is 23.0 Å². The van der Waals surface area contributed by atoms with E-state index in [1.54, 1.807) is 30.3 Å². The Bertz CT molecular complexity index is 1510. The predicted octanol–water partition coefficient (Wildman–Crippen LogP) is 3.42. The Morgan fingerprint density at radius 2 is 1.64 bits per heavy atom. The lowest BCUT2D eigenvalue weighted by molar-refractivity contribution is 0.384. The second kappa shape index (κ2) is 9.67. The Morgan fingerprint density at radius 3 is 2.28 bits per heavy atom. The molecule has 2 aromatic heterocycles. The molecule has 3 heterocycles. The maximum atomic E-state index is 13.8. The first kappa shape index (κ1) is 23.9. The molecule has 0 spiro atoms. The van der Waals surface area contributed by atoms with Crippen LogP contribution in [0.5, 0.6) is 0 Å². The fourth-order valence-electron chi connectivity index (χ4n) is 4.29. The molecule has 11 heteroatoms. The number of aromatic nitrogens is 2. The number of hydrogen-bond acceptors (Lipinski definition) is 6. The summed E-state index contributed by atoms with van der Waals surface area (Å²) in [5.74, 6) is -1.75. The van der Waals surface area contributed by atoms with Crippen LogP contribution in [0.3, 0.4) is 0 Å². The molecule has 0 N–H and O–H groups in total. The third kappa shape index (κ3) is 4.79. The Hall–Kier alpha value is -3.83. The summed E-state index contributed by atoms with van der Waals surface area (Å²) in [5.41, 5.74) is 1.27. The van der Waals surface area contributed by atoms with E-state index >= 15 is 0 Å². The Morgan fingerprint density at radius 1 is 0.944 bits per heavy atom. The lowest BCUT2D eigenvalue weighted by atomic mass is 10.1. The van der Waals surface area contributed by atoms with Crippen LogP contribution in [-0.4, -0.2) is 48.7 Å². The van der Waals surface area contributed by atoms with Gasteiger partial charge in [-0.25, -0.2) is 17.2 Å². The molecular weight excluding hydrogens is 490 g/mol. The highest BCUT2D eigenvalue weighted by Gasteiger charge is 2.29. The topological polar surface area (TPSA) is 88.7 Å². The maximum absolute atomic E-state index is 13.8. The summed E-state index contributed by atoms with van der Waals surface area (Å²) >= 11 is 0. The van der Waals surface area contributed by atoms with Crippen molar-refractivity contribution in [2.75, 3.05) is 31.1 Å². The van der Waals surface area contributed by atoms with Gasteiger partial charge in [-0.2, -0.15) is 14.1 Å². The van der Waals surface area contributed by atoms with Crippen molar-refractivity contribution >= 4 is 15.7 Å². The van der Waals surface area contributed by atoms with Gasteiger partial charge in [-0.05, 0) is 23.8 Å². The molecule has 2 aromatic carbocycles. The van der Waals surface area contributed by atoms with Crippen LogP contribution in [0, 0.1) is 11.6 Å². The quantitative estimate of drug-likeness (QED) is 0.393. The number of hydrogen-bond donors (Lipinski definition) is 0. The van der Waals surface area contributed by atoms with Gasteiger partial charge in [0.15, 0.2) is 0 Å². The molecule has 1 saturated heterocycles. The van der Waals surface area contributed by atoms with E-state index in [9.17, 15) is 22.0 Å². The van der Waals surface area contributed by atoms with Crippen molar-refractivity contribution < 1.29 is 21.6 Å². The summed E-state index contributed by atoms with van der Waals surface area (Å²) in [6, 6.07) is 13.3. The molecule has 4 aromatic rings. The summed E-state index contributed by atoms with van der Waals surface area (Å²) in [7, 11) is -3.52. The molecule has 0 saturated carbocycles. The number of piperazine rings is 1. The van der Waals surface area contributed by atoms with Gasteiger partial charge in [0.2, 0.25) is 10.0 Å². The summed E-state index contributed by atoms with van der Waals surface area (Å²) in [6.45, 7) is 1.13. The van der Waals surface area contributed by atoms with Crippen LogP contribution in [0.1, 0.15) is 5.56 Å². The lowest BCUT2D eigenvalue weighted by Gasteiger charge is -2.36. The number of benzene rings is 2. The van der Waals surface area contributed by atoms with Gasteiger partial charge in [0.1, 0.15) is 11.6 Å². The minimum Gasteiger partial charge on any atom is -0.472 e. The zero-order valence-electron chi connectivity index (χ0n) is 19.0. The van der Waals surface area contributed by atoms with Crippen LogP contribution in [0.15, 0.2) is 82.5 Å². The highest BCUT2D eigenvalue weighted by Crippen LogP contribution is 2.29. The highest BCUT2D eigenvalue weighted by molar-refractivity contribution is 7.88. The van der Waals surface area contributed by atoms with Crippen molar-refractivity contribution in [2.24, 2.45) is 0 Å². The largest absolute Gasteiger partial charge is 0.472 e. The summed E-state index contributed by atoms with van der Waals surface area (Å²) < 4.78 is 61.0. The molecule has 0 radical (unpaired) electrons. The molecule has 8 nitrogen and oxygen atoms in total. The number of rotatable bonds is 6. The predicted molar refractivity (Wildman–Crippen MR) is 130 cm³/mol. The van der Waals surface area contributed by atoms with Gasteiger partial charge in [0.05, 0.1) is 41.4 Å². The highest BCUT2D eigenvalue weighted by atomic mass is 32.2. The first-order chi connectivity index (χ1) is 17.3. The third-order valence-electron chi connectivity index (χ3n) is 6.02. The van der Waals surface area contributed by atoms with E-state index in [4.69, 9.17) is 4.42 Å². The van der Waals surface area contributed by atoms with Crippen LogP contribution in [-0.2, 0) is 15.8 Å². The van der Waals surface area contributed by atoms with Gasteiger partial charge in [-0.15, -0.1) is 0 Å². The van der Waals surface area contributed by atoms with E-state index in [2.05, 4.69) is 5.10 Å². The fraction of sp³-hybridized carbons (Fsp3) is 0.200. The van der Waals surface area contributed by atoms with Crippen LogP contribution in [0.25, 0.3) is 16.8 Å². The Balaban J connectivity index is 1.44. The number of anilines is 1. The average Bonchev–Trinajstić information content (AvgIpc) is 3.38. The molecule has 36 heavy (non-hydrogen) atoms. The van der Waals surface area contributed by atoms with Crippen molar-refractivity contribution in [3.8, 4) is 16.8 Å². The molecule has 186 valence electrons. The first-order valence-corrected chi connectivity index (χ1v) is 12.8. The molecule has 0 unspecified atom stereocenters. The minimum atomic E-state index is -3.52. The SMILES string of the molecule is O=c1c(-c2ccoc2)c(N2CCN(S(=O)(=O)Cc3ccccc3)CC2)cnn1-c1cc(F)cc(F)c1. The standard InChI is InChI=1S/C25H22F2N4O4S/c26-20-12-21(27)14-22(13-20)31-25(32)24(19-6-11-35-16-19)23(15-28-31)29-7-9-30(10-8-29)36(33,34)17-18-4-2-1-3-5-18/h1-6,11-16H,7-10,17H2. The molecule has 0 atom stereocenters. The second-order valence-corrected chi connectivity index (χ2v) is 10.4. The van der Waals surface area contributed by atoms with Crippen LogP contribution >= 0.6 is 0 Å². The maximum Gasteiger partial charge on any atom is 0.281 e. The van der Waals surface area contributed by atoms with E-state index in [0.29, 0.717) is 36.0 Å². The lowest BCUT2D eigenvalue weighted by Crippen LogP contribution is -2.49. The van der Waals surface area contributed by atoms with Crippen molar-refractivity contribution in [3.05, 3.63) is 101 Å². The van der Waals surface area contributed by atoms with Gasteiger partial charge in [-0.3, -0.25) is 4.79 Å². The number of nitrogens with zero attached hydrogens (tertiary/aromatic N) is 4. The number of furan rings is 1. The van der Waals surface area contributed by atoms with Crippen molar-refractivity contribution in [1.29, 1.82) is 0 Å². The molecular formula is C25H22F2N4O4S. The Labute approximate surface area is 206 Å². The van der Waals surface area contributed by atoms with Crippen LogP contribution in [0.2, 0.25) is 0 Å². The molecule has 0 aliphatic carbocycles. The average molecular weight is 513 g/mol. The number of sulfonamides is 1. The van der Waals surface area contributed by atoms with Crippen molar-refractivity contribution in [3.63, 3.8) is 0 Å². The summed E-state index contributed by atoms with van der Waals surface area (Å²) in [4.78, 5) is 15.3. The van der Waals surface area contributed by atoms with Gasteiger partial charge >= 0.3 is 0 Å². The van der Waals surface area contributed by atoms with E-state index in [-0.39, 0.29) is 30.1 Å². The molecule has 0 bridgehead atoms. The summed E-state index contributed by atoms with van der Waals surface area (Å²) in [6.07, 6.45) is 4.26. The van der Waals surface area contributed by atoms with E-state index in [0.717, 1.165) is 16.8 Å². The van der Waals surface area contributed by atoms with Gasteiger partial charge in [-0.1, -0.05) is 30.3 Å². The smallest absolute Gasteiger partial charge is 0.281 e. The first-order valence-electron chi connectivity index (χ1n) is 11.2. The molecule has 0 amide bonds. The minimum absolute atomic E-state index is 0.0504. The number of halogens is 2. The van der Waals surface area contributed by atoms with Crippen molar-refractivity contribution in [1.82, 2.24) is 14.1 Å². The Kier molecular flexibility index (Phi) is 6.42. The molecule has 1 aliphatic rings. The molecule has 1 fully saturated rings. The van der Waals surface area contributed by atoms with E-state index in [1.807, 2.05) is 11.0 Å². The zero-order chi connectivity index (χ0) is 25.3. The van der Waals surface area contributed by atoms with Gasteiger partial charge in [0.25, 0.3) is 5.56 Å². The monoisotopic (exact) mass is 512 g/mol. The zero-order valence-corrected chi connectivity index (χ0v) is 19.9. The van der Waals surface area contributed by atoms with Gasteiger partial charge < -0.3 is 9.32 Å². The normalized spacial score (nSPS) is 14.8. The summed E-state index contributed by atoms with van der Waals surface area (Å²) in [5, 5.41) is 4.17. The fourth-order valence-corrected chi connectivity index (χ4v) is 5.81. The third-order valence-corrected chi connectivity index (χ3v) is 7.87. The molecule has 5 rings (SSSR count). The van der Waals surface area contributed by atoms with E-state index < -0.39 is 27.2 Å².